The number of ether oxygens (including phenoxy) is 1. The first-order valence-electron chi connectivity index (χ1n) is 9.78. The second-order valence-corrected chi connectivity index (χ2v) is 7.68. The largest absolute Gasteiger partial charge is 0.378 e. The molecule has 0 bridgehead atoms. The number of carbonyl (C=O) groups is 1. The number of rotatable bonds is 4. The molecule has 0 aromatic carbocycles. The van der Waals surface area contributed by atoms with Gasteiger partial charge >= 0.3 is 0 Å². The minimum absolute atomic E-state index is 0.0776. The number of hydrogen-bond acceptors (Lipinski definition) is 5. The molecule has 1 fully saturated rings. The van der Waals surface area contributed by atoms with Crippen molar-refractivity contribution >= 4 is 5.91 Å². The molecule has 0 unspecified atom stereocenters. The van der Waals surface area contributed by atoms with Gasteiger partial charge in [-0.1, -0.05) is 12.1 Å². The molecular formula is C22H25N5O2. The van der Waals surface area contributed by atoms with E-state index in [1.165, 1.54) is 0 Å². The number of amides is 1. The summed E-state index contributed by atoms with van der Waals surface area (Å²) in [4.78, 5) is 23.9. The fourth-order valence-corrected chi connectivity index (χ4v) is 3.49. The van der Waals surface area contributed by atoms with Crippen LogP contribution in [0.25, 0.3) is 17.2 Å². The van der Waals surface area contributed by atoms with E-state index in [9.17, 15) is 4.79 Å². The molecule has 29 heavy (non-hydrogen) atoms. The number of carbonyl (C=O) groups excluding carboxylic acids is 1. The summed E-state index contributed by atoms with van der Waals surface area (Å²) in [6, 6.07) is 11.3. The van der Waals surface area contributed by atoms with E-state index in [1.807, 2.05) is 48.4 Å². The summed E-state index contributed by atoms with van der Waals surface area (Å²) < 4.78 is 7.28. The third kappa shape index (κ3) is 3.91. The molecule has 7 heteroatoms. The lowest BCUT2D eigenvalue weighted by Crippen LogP contribution is -2.46. The highest BCUT2D eigenvalue weighted by Gasteiger charge is 2.33. The summed E-state index contributed by atoms with van der Waals surface area (Å²) in [5.41, 5.74) is 2.79. The first-order valence-corrected chi connectivity index (χ1v) is 9.78. The summed E-state index contributed by atoms with van der Waals surface area (Å²) in [6.45, 7) is 5.38. The van der Waals surface area contributed by atoms with Gasteiger partial charge in [-0.25, -0.2) is 9.67 Å². The molecule has 7 nitrogen and oxygen atoms in total. The quantitative estimate of drug-likeness (QED) is 0.682. The lowest BCUT2D eigenvalue weighted by molar-refractivity contribution is -0.0380. The smallest absolute Gasteiger partial charge is 0.274 e. The van der Waals surface area contributed by atoms with Crippen molar-refractivity contribution in [3.05, 3.63) is 60.0 Å². The third-order valence-corrected chi connectivity index (χ3v) is 5.57. The number of methoxy groups -OCH3 is 1. The van der Waals surface area contributed by atoms with Crippen LogP contribution in [0.1, 0.15) is 35.8 Å². The molecule has 1 amide bonds. The third-order valence-electron chi connectivity index (χ3n) is 5.57. The molecule has 0 radical (unpaired) electrons. The number of likely N-dealkylation sites (tertiary alicyclic amines) is 1. The molecule has 1 saturated heterocycles. The molecule has 3 aromatic rings. The number of aryl methyl sites for hydroxylation is 1. The highest BCUT2D eigenvalue weighted by atomic mass is 16.5. The molecule has 1 aliphatic heterocycles. The summed E-state index contributed by atoms with van der Waals surface area (Å²) in [7, 11) is 1.73. The van der Waals surface area contributed by atoms with E-state index < -0.39 is 0 Å². The zero-order valence-electron chi connectivity index (χ0n) is 17.0. The monoisotopic (exact) mass is 391 g/mol. The van der Waals surface area contributed by atoms with Crippen molar-refractivity contribution in [2.75, 3.05) is 20.2 Å². The second-order valence-electron chi connectivity index (χ2n) is 7.68. The van der Waals surface area contributed by atoms with E-state index in [0.717, 1.165) is 29.8 Å². The topological polar surface area (TPSA) is 73.1 Å². The number of pyridine rings is 2. The Morgan fingerprint density at radius 1 is 1.14 bits per heavy atom. The normalized spacial score (nSPS) is 16.0. The molecule has 4 rings (SSSR count). The maximum atomic E-state index is 13.1. The Hall–Kier alpha value is -3.06. The molecule has 0 spiro atoms. The molecule has 0 atom stereocenters. The number of aromatic nitrogens is 4. The lowest BCUT2D eigenvalue weighted by Gasteiger charge is -2.38. The fourth-order valence-electron chi connectivity index (χ4n) is 3.49. The van der Waals surface area contributed by atoms with Gasteiger partial charge in [-0.3, -0.25) is 9.78 Å². The van der Waals surface area contributed by atoms with Crippen molar-refractivity contribution in [2.24, 2.45) is 0 Å². The summed E-state index contributed by atoms with van der Waals surface area (Å²) >= 11 is 0. The maximum Gasteiger partial charge on any atom is 0.274 e. The van der Waals surface area contributed by atoms with E-state index in [0.29, 0.717) is 24.6 Å². The maximum absolute atomic E-state index is 13.1. The van der Waals surface area contributed by atoms with Crippen LogP contribution in [0.4, 0.5) is 0 Å². The van der Waals surface area contributed by atoms with Crippen LogP contribution in [0.15, 0.2) is 48.8 Å². The highest BCUT2D eigenvalue weighted by molar-refractivity contribution is 5.93. The van der Waals surface area contributed by atoms with Crippen molar-refractivity contribution in [2.45, 2.75) is 32.3 Å². The second kappa shape index (κ2) is 7.75. The lowest BCUT2D eigenvalue weighted by atomic mass is 9.93. The van der Waals surface area contributed by atoms with Gasteiger partial charge < -0.3 is 9.64 Å². The Labute approximate surface area is 170 Å². The standard InChI is InChI=1S/C22H25N5O2/c1-16-7-8-17(24-15-16)19-14-18(25-27(19)20-6-4-5-11-23-20)21(28)26-12-9-22(2,29-3)10-13-26/h4-8,11,14-15H,9-10,12-13H2,1-3H3. The Morgan fingerprint density at radius 2 is 1.93 bits per heavy atom. The Bertz CT molecular complexity index is 990. The summed E-state index contributed by atoms with van der Waals surface area (Å²) in [5, 5.41) is 4.60. The SMILES string of the molecule is COC1(C)CCN(C(=O)c2cc(-c3ccc(C)cn3)n(-c3ccccn3)n2)CC1. The van der Waals surface area contributed by atoms with Gasteiger partial charge in [0.05, 0.1) is 17.0 Å². The Balaban J connectivity index is 1.68. The zero-order valence-corrected chi connectivity index (χ0v) is 17.0. The first kappa shape index (κ1) is 19.3. The average Bonchev–Trinajstić information content (AvgIpc) is 3.20. The predicted molar refractivity (Wildman–Crippen MR) is 110 cm³/mol. The van der Waals surface area contributed by atoms with Gasteiger partial charge in [0.15, 0.2) is 11.5 Å². The van der Waals surface area contributed by atoms with Gasteiger partial charge in [0.25, 0.3) is 5.91 Å². The van der Waals surface area contributed by atoms with Crippen LogP contribution >= 0.6 is 0 Å². The van der Waals surface area contributed by atoms with Gasteiger partial charge in [0.1, 0.15) is 0 Å². The van der Waals surface area contributed by atoms with Crippen LogP contribution in [0.5, 0.6) is 0 Å². The van der Waals surface area contributed by atoms with E-state index in [-0.39, 0.29) is 11.5 Å². The molecule has 1 aliphatic rings. The van der Waals surface area contributed by atoms with E-state index in [4.69, 9.17) is 4.74 Å². The molecule has 0 N–H and O–H groups in total. The van der Waals surface area contributed by atoms with E-state index in [2.05, 4.69) is 22.0 Å². The Morgan fingerprint density at radius 3 is 2.55 bits per heavy atom. The van der Waals surface area contributed by atoms with E-state index in [1.54, 1.807) is 24.1 Å². The van der Waals surface area contributed by atoms with Crippen molar-refractivity contribution in [1.82, 2.24) is 24.6 Å². The van der Waals surface area contributed by atoms with Crippen LogP contribution in [0, 0.1) is 6.92 Å². The minimum atomic E-state index is -0.166. The van der Waals surface area contributed by atoms with Crippen LogP contribution in [0.2, 0.25) is 0 Å². The summed E-state index contributed by atoms with van der Waals surface area (Å²) in [6.07, 6.45) is 5.13. The molecule has 3 aromatic heterocycles. The van der Waals surface area contributed by atoms with Crippen molar-refractivity contribution in [3.63, 3.8) is 0 Å². The van der Waals surface area contributed by atoms with Crippen LogP contribution < -0.4 is 0 Å². The van der Waals surface area contributed by atoms with Crippen molar-refractivity contribution in [1.29, 1.82) is 0 Å². The van der Waals surface area contributed by atoms with Crippen LogP contribution in [-0.4, -0.2) is 56.4 Å². The van der Waals surface area contributed by atoms with Gasteiger partial charge in [0.2, 0.25) is 0 Å². The minimum Gasteiger partial charge on any atom is -0.378 e. The van der Waals surface area contributed by atoms with Crippen LogP contribution in [0.3, 0.4) is 0 Å². The highest BCUT2D eigenvalue weighted by Crippen LogP contribution is 2.27. The summed E-state index contributed by atoms with van der Waals surface area (Å²) in [5.74, 6) is 0.570. The van der Waals surface area contributed by atoms with Crippen LogP contribution in [-0.2, 0) is 4.74 Å². The van der Waals surface area contributed by atoms with Crippen molar-refractivity contribution < 1.29 is 9.53 Å². The Kier molecular flexibility index (Phi) is 5.15. The number of hydrogen-bond donors (Lipinski definition) is 0. The van der Waals surface area contributed by atoms with Gasteiger partial charge in [-0.2, -0.15) is 5.10 Å². The fraction of sp³-hybridized carbons (Fsp3) is 0.364. The predicted octanol–water partition coefficient (Wildman–Crippen LogP) is 3.28. The number of nitrogens with zero attached hydrogens (tertiary/aromatic N) is 5. The zero-order chi connectivity index (χ0) is 20.4. The average molecular weight is 391 g/mol. The van der Waals surface area contributed by atoms with Gasteiger partial charge in [-0.05, 0) is 56.5 Å². The van der Waals surface area contributed by atoms with Gasteiger partial charge in [0, 0.05) is 32.6 Å². The number of piperidine rings is 1. The van der Waals surface area contributed by atoms with Gasteiger partial charge in [-0.15, -0.1) is 0 Å². The molecule has 4 heterocycles. The molecule has 0 aliphatic carbocycles. The molecular weight excluding hydrogens is 366 g/mol. The molecule has 0 saturated carbocycles. The molecule has 150 valence electrons. The van der Waals surface area contributed by atoms with Crippen molar-refractivity contribution in [3.8, 4) is 17.2 Å². The first-order chi connectivity index (χ1) is 14.0. The van der Waals surface area contributed by atoms with E-state index >= 15 is 0 Å².